The van der Waals surface area contributed by atoms with Crippen LogP contribution in [-0.2, 0) is 65.4 Å². The molecule has 0 rings (SSSR count). The molecule has 0 aromatic rings. The average molecular weight is 1470 g/mol. The SMILES string of the molecule is CCCCCCCCCCCCCCCCCCC(=O)O[C@H](COC(=O)CCCCCCCCC(C)CC)COP(=O)(O)OC[C@H](O)COP(=O)(O)OC[C@@H](COC(=O)CCCCCCCCCCCCCCCC(C)C)OC(=O)CCCCCCCCCCCCCCCCC(C)CC. The Balaban J connectivity index is 5.25. The number of carbonyl (C=O) groups is 4. The fourth-order valence-corrected chi connectivity index (χ4v) is 14.0. The van der Waals surface area contributed by atoms with Crippen LogP contribution in [-0.4, -0.2) is 96.7 Å². The van der Waals surface area contributed by atoms with Crippen molar-refractivity contribution in [1.82, 2.24) is 0 Å². The van der Waals surface area contributed by atoms with E-state index in [1.54, 1.807) is 0 Å². The molecule has 3 N–H and O–H groups in total. The lowest BCUT2D eigenvalue weighted by atomic mass is 9.99. The molecular weight excluding hydrogens is 1310 g/mol. The highest BCUT2D eigenvalue weighted by Crippen LogP contribution is 2.45. The van der Waals surface area contributed by atoms with Gasteiger partial charge >= 0.3 is 39.5 Å². The summed E-state index contributed by atoms with van der Waals surface area (Å²) < 4.78 is 68.7. The molecule has 0 aliphatic rings. The van der Waals surface area contributed by atoms with Crippen LogP contribution in [0.4, 0.5) is 0 Å². The zero-order chi connectivity index (χ0) is 73.7. The van der Waals surface area contributed by atoms with Crippen molar-refractivity contribution in [3.63, 3.8) is 0 Å². The minimum Gasteiger partial charge on any atom is -0.462 e. The minimum absolute atomic E-state index is 0.107. The van der Waals surface area contributed by atoms with Crippen LogP contribution in [0.3, 0.4) is 0 Å². The third-order valence-corrected chi connectivity index (χ3v) is 21.5. The lowest BCUT2D eigenvalue weighted by Crippen LogP contribution is -2.30. The first-order valence-electron chi connectivity index (χ1n) is 41.9. The number of hydrogen-bond donors (Lipinski definition) is 3. The quantitative estimate of drug-likeness (QED) is 0.0222. The molecule has 17 nitrogen and oxygen atoms in total. The van der Waals surface area contributed by atoms with Gasteiger partial charge in [-0.25, -0.2) is 9.13 Å². The smallest absolute Gasteiger partial charge is 0.462 e. The van der Waals surface area contributed by atoms with Crippen molar-refractivity contribution in [3.05, 3.63) is 0 Å². The molecule has 0 aromatic carbocycles. The maximum absolute atomic E-state index is 13.1. The van der Waals surface area contributed by atoms with Crippen molar-refractivity contribution >= 4 is 39.5 Å². The molecule has 0 fully saturated rings. The molecule has 4 unspecified atom stereocenters. The van der Waals surface area contributed by atoms with Crippen LogP contribution in [0.5, 0.6) is 0 Å². The maximum atomic E-state index is 13.1. The highest BCUT2D eigenvalue weighted by Gasteiger charge is 2.30. The highest BCUT2D eigenvalue weighted by atomic mass is 31.2. The van der Waals surface area contributed by atoms with Gasteiger partial charge in [0.05, 0.1) is 26.4 Å². The van der Waals surface area contributed by atoms with Gasteiger partial charge in [-0.1, -0.05) is 370 Å². The third-order valence-electron chi connectivity index (χ3n) is 19.6. The number of aliphatic hydroxyl groups is 1. The number of carbonyl (C=O) groups excluding carboxylic acids is 4. The van der Waals surface area contributed by atoms with E-state index in [0.29, 0.717) is 25.7 Å². The van der Waals surface area contributed by atoms with Crippen LogP contribution in [0.15, 0.2) is 0 Å². The number of phosphoric acid groups is 2. The molecule has 100 heavy (non-hydrogen) atoms. The minimum atomic E-state index is -4.96. The predicted molar refractivity (Wildman–Crippen MR) is 409 cm³/mol. The number of phosphoric ester groups is 2. The van der Waals surface area contributed by atoms with E-state index < -0.39 is 97.5 Å². The van der Waals surface area contributed by atoms with Crippen LogP contribution < -0.4 is 0 Å². The average Bonchev–Trinajstić information content (AvgIpc) is 0.931. The summed E-state index contributed by atoms with van der Waals surface area (Å²) in [7, 11) is -9.92. The largest absolute Gasteiger partial charge is 0.472 e. The number of unbranched alkanes of at least 4 members (excludes halogenated alkanes) is 45. The van der Waals surface area contributed by atoms with Crippen molar-refractivity contribution in [1.29, 1.82) is 0 Å². The number of aliphatic hydroxyl groups excluding tert-OH is 1. The molecule has 0 amide bonds. The third kappa shape index (κ3) is 71.7. The Morgan fingerprint density at radius 1 is 0.290 bits per heavy atom. The summed E-state index contributed by atoms with van der Waals surface area (Å²) in [6.45, 7) is 12.0. The fraction of sp³-hybridized carbons (Fsp3) is 0.951. The van der Waals surface area contributed by atoms with Crippen molar-refractivity contribution in [2.45, 2.75) is 439 Å². The summed E-state index contributed by atoms with van der Waals surface area (Å²) >= 11 is 0. The number of hydrogen-bond acceptors (Lipinski definition) is 15. The molecule has 0 saturated carbocycles. The summed E-state index contributed by atoms with van der Waals surface area (Å²) in [5.74, 6) is 0.257. The van der Waals surface area contributed by atoms with E-state index in [9.17, 15) is 43.2 Å². The molecule has 19 heteroatoms. The van der Waals surface area contributed by atoms with Gasteiger partial charge in [-0.3, -0.25) is 37.3 Å². The van der Waals surface area contributed by atoms with Crippen molar-refractivity contribution < 1.29 is 80.2 Å². The first-order valence-corrected chi connectivity index (χ1v) is 44.9. The van der Waals surface area contributed by atoms with Crippen molar-refractivity contribution in [2.24, 2.45) is 17.8 Å². The van der Waals surface area contributed by atoms with E-state index in [2.05, 4.69) is 48.5 Å². The van der Waals surface area contributed by atoms with Gasteiger partial charge in [0.1, 0.15) is 19.3 Å². The normalized spacial score (nSPS) is 14.5. The van der Waals surface area contributed by atoms with Gasteiger partial charge in [0.15, 0.2) is 12.2 Å². The van der Waals surface area contributed by atoms with E-state index in [-0.39, 0.29) is 25.7 Å². The Hall–Kier alpha value is -1.94. The molecule has 0 spiro atoms. The Bertz CT molecular complexity index is 1940. The first kappa shape index (κ1) is 98.1. The van der Waals surface area contributed by atoms with Crippen LogP contribution in [0.1, 0.15) is 421 Å². The van der Waals surface area contributed by atoms with Gasteiger partial charge in [0.2, 0.25) is 0 Å². The lowest BCUT2D eigenvalue weighted by Gasteiger charge is -2.21. The van der Waals surface area contributed by atoms with Crippen LogP contribution in [0.2, 0.25) is 0 Å². The van der Waals surface area contributed by atoms with Crippen LogP contribution in [0, 0.1) is 17.8 Å². The predicted octanol–water partition coefficient (Wildman–Crippen LogP) is 24.1. The Kier molecular flexibility index (Phi) is 69.9. The molecule has 7 atom stereocenters. The van der Waals surface area contributed by atoms with E-state index in [0.717, 1.165) is 114 Å². The maximum Gasteiger partial charge on any atom is 0.472 e. The summed E-state index contributed by atoms with van der Waals surface area (Å²) in [4.78, 5) is 73.0. The van der Waals surface area contributed by atoms with Gasteiger partial charge in [0, 0.05) is 25.7 Å². The van der Waals surface area contributed by atoms with Gasteiger partial charge in [-0.15, -0.1) is 0 Å². The number of esters is 4. The molecule has 0 radical (unpaired) electrons. The molecule has 0 aliphatic carbocycles. The second-order valence-electron chi connectivity index (χ2n) is 30.1. The first-order chi connectivity index (χ1) is 48.3. The zero-order valence-electron chi connectivity index (χ0n) is 65.7. The molecule has 0 bridgehead atoms. The number of rotatable bonds is 79. The highest BCUT2D eigenvalue weighted by molar-refractivity contribution is 7.47. The van der Waals surface area contributed by atoms with Gasteiger partial charge in [-0.2, -0.15) is 0 Å². The van der Waals surface area contributed by atoms with Crippen LogP contribution >= 0.6 is 15.6 Å². The van der Waals surface area contributed by atoms with Gasteiger partial charge < -0.3 is 33.8 Å². The molecular formula is C81H158O17P2. The Morgan fingerprint density at radius 2 is 0.510 bits per heavy atom. The molecule has 594 valence electrons. The van der Waals surface area contributed by atoms with Gasteiger partial charge in [-0.05, 0) is 43.4 Å². The Morgan fingerprint density at radius 3 is 0.760 bits per heavy atom. The van der Waals surface area contributed by atoms with E-state index >= 15 is 0 Å². The second kappa shape index (κ2) is 71.3. The summed E-state index contributed by atoms with van der Waals surface area (Å²) in [5, 5.41) is 10.6. The zero-order valence-corrected chi connectivity index (χ0v) is 67.5. The summed E-state index contributed by atoms with van der Waals surface area (Å²) in [6, 6.07) is 0. The molecule has 0 aromatic heterocycles. The van der Waals surface area contributed by atoms with E-state index in [1.807, 2.05) is 0 Å². The molecule has 0 heterocycles. The standard InChI is InChI=1S/C81H158O17P2/c1-8-11-12-13-14-15-16-17-18-19-25-31-36-41-50-57-65-81(86)98-77(69-92-79(84)63-56-49-44-43-47-54-61-74(7)10-3)71-96-100(89,90)94-67-75(82)66-93-99(87,88)95-70-76(68-91-78(83)62-55-48-40-35-30-27-22-23-28-33-38-45-52-59-72(4)5)97-80(85)64-58-51-42-37-32-26-21-20-24-29-34-39-46-53-60-73(6)9-2/h72-77,82H,8-71H2,1-7H3,(H,87,88)(H,89,90)/t73?,74?,75-,76-,77-/m1/s1. The van der Waals surface area contributed by atoms with Crippen LogP contribution in [0.25, 0.3) is 0 Å². The molecule has 0 aliphatic heterocycles. The van der Waals surface area contributed by atoms with Crippen molar-refractivity contribution in [3.8, 4) is 0 Å². The number of ether oxygens (including phenoxy) is 4. The van der Waals surface area contributed by atoms with Crippen molar-refractivity contribution in [2.75, 3.05) is 39.6 Å². The monoisotopic (exact) mass is 1470 g/mol. The second-order valence-corrected chi connectivity index (χ2v) is 33.0. The lowest BCUT2D eigenvalue weighted by molar-refractivity contribution is -0.161. The topological polar surface area (TPSA) is 237 Å². The van der Waals surface area contributed by atoms with E-state index in [1.165, 1.54) is 225 Å². The summed E-state index contributed by atoms with van der Waals surface area (Å²) in [5.41, 5.74) is 0. The fourth-order valence-electron chi connectivity index (χ4n) is 12.4. The van der Waals surface area contributed by atoms with E-state index in [4.69, 9.17) is 37.0 Å². The summed E-state index contributed by atoms with van der Waals surface area (Å²) in [6.07, 6.45) is 59.5. The molecule has 0 saturated heterocycles. The Labute approximate surface area is 613 Å². The van der Waals surface area contributed by atoms with Gasteiger partial charge in [0.25, 0.3) is 0 Å².